The number of nitrogens with zero attached hydrogens (tertiary/aromatic N) is 1. The van der Waals surface area contributed by atoms with Crippen LogP contribution >= 0.6 is 0 Å². The van der Waals surface area contributed by atoms with Gasteiger partial charge in [0.15, 0.2) is 0 Å². The number of hydrogen-bond acceptors (Lipinski definition) is 1. The molecule has 0 spiro atoms. The smallest absolute Gasteiger partial charge is 0.0480 e. The Morgan fingerprint density at radius 2 is 2.00 bits per heavy atom. The number of para-hydroxylation sites is 1. The Kier molecular flexibility index (Phi) is 4.64. The molecule has 1 aliphatic rings. The Morgan fingerprint density at radius 3 is 2.90 bits per heavy atom. The van der Waals surface area contributed by atoms with Crippen molar-refractivity contribution in [2.45, 2.75) is 52.1 Å². The van der Waals surface area contributed by atoms with E-state index in [1.54, 1.807) is 0 Å². The third kappa shape index (κ3) is 3.32. The van der Waals surface area contributed by atoms with Crippen molar-refractivity contribution in [3.63, 3.8) is 0 Å². The molecule has 1 N–H and O–H groups in total. The van der Waals surface area contributed by atoms with E-state index < -0.39 is 0 Å². The van der Waals surface area contributed by atoms with Crippen LogP contribution < -0.4 is 5.32 Å². The highest BCUT2D eigenvalue weighted by Crippen LogP contribution is 2.29. The van der Waals surface area contributed by atoms with E-state index in [2.05, 4.69) is 60.3 Å². The summed E-state index contributed by atoms with van der Waals surface area (Å²) in [6.07, 6.45) is 7.59. The molecule has 2 heteroatoms. The normalized spacial score (nSPS) is 26.3. The molecule has 3 atom stereocenters. The molecule has 0 saturated heterocycles. The van der Waals surface area contributed by atoms with Crippen LogP contribution in [0.2, 0.25) is 0 Å². The van der Waals surface area contributed by atoms with Gasteiger partial charge in [0.05, 0.1) is 0 Å². The van der Waals surface area contributed by atoms with Gasteiger partial charge in [-0.2, -0.15) is 0 Å². The second-order valence-corrected chi connectivity index (χ2v) is 6.75. The molecule has 0 amide bonds. The molecular weight excluding hydrogens is 256 g/mol. The lowest BCUT2D eigenvalue weighted by Crippen LogP contribution is -2.41. The molecule has 2 nitrogen and oxygen atoms in total. The highest BCUT2D eigenvalue weighted by molar-refractivity contribution is 5.79. The van der Waals surface area contributed by atoms with Gasteiger partial charge in [0.1, 0.15) is 0 Å². The number of aryl methyl sites for hydroxylation is 1. The third-order valence-electron chi connectivity index (χ3n) is 5.37. The van der Waals surface area contributed by atoms with Crippen LogP contribution in [0, 0.1) is 11.8 Å². The third-order valence-corrected chi connectivity index (χ3v) is 5.37. The maximum atomic E-state index is 3.80. The molecule has 1 aromatic carbocycles. The summed E-state index contributed by atoms with van der Waals surface area (Å²) in [6.45, 7) is 7.07. The van der Waals surface area contributed by atoms with Gasteiger partial charge in [-0.3, -0.25) is 0 Å². The lowest BCUT2D eigenvalue weighted by Gasteiger charge is -2.34. The van der Waals surface area contributed by atoms with Crippen molar-refractivity contribution in [1.29, 1.82) is 0 Å². The van der Waals surface area contributed by atoms with Crippen molar-refractivity contribution in [2.24, 2.45) is 11.8 Å². The van der Waals surface area contributed by atoms with E-state index in [-0.39, 0.29) is 0 Å². The van der Waals surface area contributed by atoms with Crippen molar-refractivity contribution in [3.8, 4) is 0 Å². The minimum Gasteiger partial charge on any atom is -0.347 e. The monoisotopic (exact) mass is 284 g/mol. The summed E-state index contributed by atoms with van der Waals surface area (Å²) in [4.78, 5) is 0. The van der Waals surface area contributed by atoms with Crippen LogP contribution in [-0.2, 0) is 6.54 Å². The Balaban J connectivity index is 1.48. The maximum Gasteiger partial charge on any atom is 0.0480 e. The van der Waals surface area contributed by atoms with Gasteiger partial charge in [-0.05, 0) is 48.7 Å². The van der Waals surface area contributed by atoms with E-state index in [1.165, 1.54) is 36.6 Å². The SMILES string of the molecule is CC1CCCC(NCCCn2ccc3ccccc32)C1C. The Labute approximate surface area is 128 Å². The van der Waals surface area contributed by atoms with Gasteiger partial charge in [0.2, 0.25) is 0 Å². The first-order valence-corrected chi connectivity index (χ1v) is 8.53. The number of rotatable bonds is 5. The molecule has 1 heterocycles. The summed E-state index contributed by atoms with van der Waals surface area (Å²) >= 11 is 0. The van der Waals surface area contributed by atoms with Crippen molar-refractivity contribution < 1.29 is 0 Å². The summed E-state index contributed by atoms with van der Waals surface area (Å²) in [5, 5.41) is 5.15. The van der Waals surface area contributed by atoms with Crippen molar-refractivity contribution in [1.82, 2.24) is 9.88 Å². The summed E-state index contributed by atoms with van der Waals surface area (Å²) in [6, 6.07) is 11.6. The predicted molar refractivity (Wildman–Crippen MR) is 90.5 cm³/mol. The van der Waals surface area contributed by atoms with Gasteiger partial charge in [0.25, 0.3) is 0 Å². The number of fused-ring (bicyclic) bond motifs is 1. The molecule has 0 aliphatic heterocycles. The van der Waals surface area contributed by atoms with Crippen molar-refractivity contribution in [3.05, 3.63) is 36.5 Å². The minimum absolute atomic E-state index is 0.732. The van der Waals surface area contributed by atoms with Crippen molar-refractivity contribution in [2.75, 3.05) is 6.54 Å². The average Bonchev–Trinajstić information content (AvgIpc) is 2.91. The standard InChI is InChI=1S/C19H28N2/c1-15-7-5-9-18(16(15)2)20-12-6-13-21-14-11-17-8-3-4-10-19(17)21/h3-4,8,10-11,14-16,18,20H,5-7,9,12-13H2,1-2H3. The van der Waals surface area contributed by atoms with E-state index in [4.69, 9.17) is 0 Å². The highest BCUT2D eigenvalue weighted by atomic mass is 15.0. The fraction of sp³-hybridized carbons (Fsp3) is 0.579. The van der Waals surface area contributed by atoms with Crippen molar-refractivity contribution >= 4 is 10.9 Å². The first-order chi connectivity index (χ1) is 10.3. The Morgan fingerprint density at radius 1 is 1.14 bits per heavy atom. The molecule has 3 rings (SSSR count). The van der Waals surface area contributed by atoms with E-state index in [0.717, 1.165) is 31.0 Å². The Hall–Kier alpha value is -1.28. The van der Waals surface area contributed by atoms with Crippen LogP contribution in [0.4, 0.5) is 0 Å². The molecule has 0 bridgehead atoms. The number of benzene rings is 1. The quantitative estimate of drug-likeness (QED) is 0.803. The first kappa shape index (κ1) is 14.6. The molecule has 1 aromatic heterocycles. The van der Waals surface area contributed by atoms with E-state index in [1.807, 2.05) is 0 Å². The molecule has 21 heavy (non-hydrogen) atoms. The highest BCUT2D eigenvalue weighted by Gasteiger charge is 2.26. The van der Waals surface area contributed by atoms with Crippen LogP contribution in [0.15, 0.2) is 36.5 Å². The fourth-order valence-corrected chi connectivity index (χ4v) is 3.74. The number of nitrogens with one attached hydrogen (secondary N) is 1. The zero-order valence-corrected chi connectivity index (χ0v) is 13.4. The molecule has 0 radical (unpaired) electrons. The lowest BCUT2D eigenvalue weighted by atomic mass is 9.78. The molecule has 3 unspecified atom stereocenters. The zero-order valence-electron chi connectivity index (χ0n) is 13.4. The average molecular weight is 284 g/mol. The zero-order chi connectivity index (χ0) is 14.7. The van der Waals surface area contributed by atoms with Crippen LogP contribution in [-0.4, -0.2) is 17.2 Å². The van der Waals surface area contributed by atoms with E-state index >= 15 is 0 Å². The largest absolute Gasteiger partial charge is 0.347 e. The van der Waals surface area contributed by atoms with Crippen LogP contribution in [0.25, 0.3) is 10.9 Å². The maximum absolute atomic E-state index is 3.80. The van der Waals surface area contributed by atoms with E-state index in [0.29, 0.717) is 0 Å². The predicted octanol–water partition coefficient (Wildman–Crippen LogP) is 4.45. The second kappa shape index (κ2) is 6.65. The summed E-state index contributed by atoms with van der Waals surface area (Å²) in [5.41, 5.74) is 1.36. The minimum atomic E-state index is 0.732. The first-order valence-electron chi connectivity index (χ1n) is 8.53. The summed E-state index contributed by atoms with van der Waals surface area (Å²) in [7, 11) is 0. The van der Waals surface area contributed by atoms with Crippen LogP contribution in [0.1, 0.15) is 39.5 Å². The lowest BCUT2D eigenvalue weighted by molar-refractivity contribution is 0.206. The topological polar surface area (TPSA) is 17.0 Å². The molecule has 1 fully saturated rings. The molecular formula is C19H28N2. The second-order valence-electron chi connectivity index (χ2n) is 6.75. The van der Waals surface area contributed by atoms with Gasteiger partial charge < -0.3 is 9.88 Å². The van der Waals surface area contributed by atoms with Gasteiger partial charge in [-0.1, -0.05) is 44.9 Å². The molecule has 1 saturated carbocycles. The summed E-state index contributed by atoms with van der Waals surface area (Å²) < 4.78 is 2.38. The molecule has 114 valence electrons. The van der Waals surface area contributed by atoms with E-state index in [9.17, 15) is 0 Å². The van der Waals surface area contributed by atoms with Gasteiger partial charge in [-0.25, -0.2) is 0 Å². The Bertz CT molecular complexity index is 572. The summed E-state index contributed by atoms with van der Waals surface area (Å²) in [5.74, 6) is 1.70. The van der Waals surface area contributed by atoms with Crippen LogP contribution in [0.5, 0.6) is 0 Å². The fourth-order valence-electron chi connectivity index (χ4n) is 3.74. The van der Waals surface area contributed by atoms with Gasteiger partial charge in [0, 0.05) is 24.3 Å². The van der Waals surface area contributed by atoms with Gasteiger partial charge >= 0.3 is 0 Å². The molecule has 2 aromatic rings. The number of aromatic nitrogens is 1. The van der Waals surface area contributed by atoms with Gasteiger partial charge in [-0.15, -0.1) is 0 Å². The number of hydrogen-bond donors (Lipinski definition) is 1. The van der Waals surface area contributed by atoms with Crippen LogP contribution in [0.3, 0.4) is 0 Å². The molecule has 1 aliphatic carbocycles.